The molecule has 0 saturated carbocycles. The minimum atomic E-state index is 0.623. The van der Waals surface area contributed by atoms with E-state index in [1.54, 1.807) is 0 Å². The average molecular weight is 245 g/mol. The van der Waals surface area contributed by atoms with Crippen LogP contribution >= 0.6 is 0 Å². The molecule has 1 aliphatic heterocycles. The fourth-order valence-electron chi connectivity index (χ4n) is 2.21. The minimum absolute atomic E-state index is 0.623. The zero-order valence-corrected chi connectivity index (χ0v) is 10.7. The molecule has 0 spiro atoms. The summed E-state index contributed by atoms with van der Waals surface area (Å²) in [5, 5.41) is 7.14. The molecule has 2 rings (SSSR count). The van der Waals surface area contributed by atoms with Gasteiger partial charge in [-0.05, 0) is 44.1 Å². The van der Waals surface area contributed by atoms with Gasteiger partial charge in [-0.2, -0.15) is 0 Å². The molecule has 0 aliphatic carbocycles. The molecule has 1 aliphatic rings. The van der Waals surface area contributed by atoms with Crippen molar-refractivity contribution in [2.24, 2.45) is 5.11 Å². The first kappa shape index (κ1) is 12.9. The smallest absolute Gasteiger partial charge is 0.0375 e. The van der Waals surface area contributed by atoms with E-state index in [2.05, 4.69) is 27.3 Å². The second-order valence-electron chi connectivity index (χ2n) is 4.81. The summed E-state index contributed by atoms with van der Waals surface area (Å²) in [6.07, 6.45) is 2.43. The Bertz CT molecular complexity index is 414. The van der Waals surface area contributed by atoms with Gasteiger partial charge in [-0.25, -0.2) is 0 Å². The number of likely N-dealkylation sites (tertiary alicyclic amines) is 1. The number of nitrogens with zero attached hydrogens (tertiary/aromatic N) is 4. The maximum Gasteiger partial charge on any atom is 0.0375 e. The molecule has 0 bridgehead atoms. The molecule has 0 aromatic heterocycles. The maximum absolute atomic E-state index is 8.33. The van der Waals surface area contributed by atoms with Crippen molar-refractivity contribution in [3.63, 3.8) is 0 Å². The Morgan fingerprint density at radius 1 is 1.33 bits per heavy atom. The number of benzene rings is 1. The molecule has 5 heteroatoms. The van der Waals surface area contributed by atoms with Gasteiger partial charge in [0.05, 0.1) is 0 Å². The number of hydrogen-bond donors (Lipinski definition) is 1. The summed E-state index contributed by atoms with van der Waals surface area (Å²) in [7, 11) is 2.17. The Morgan fingerprint density at radius 2 is 2.00 bits per heavy atom. The first-order valence-electron chi connectivity index (χ1n) is 6.34. The van der Waals surface area contributed by atoms with E-state index in [4.69, 9.17) is 5.53 Å². The van der Waals surface area contributed by atoms with Crippen molar-refractivity contribution >= 4 is 5.69 Å². The van der Waals surface area contributed by atoms with Crippen LogP contribution in [0.2, 0.25) is 0 Å². The van der Waals surface area contributed by atoms with Crippen molar-refractivity contribution in [2.45, 2.75) is 25.4 Å². The molecule has 1 aromatic rings. The molecule has 0 unspecified atom stereocenters. The third-order valence-electron chi connectivity index (χ3n) is 3.41. The quantitative estimate of drug-likeness (QED) is 0.503. The number of nitrogens with one attached hydrogen (secondary N) is 1. The van der Waals surface area contributed by atoms with E-state index in [0.717, 1.165) is 6.54 Å². The summed E-state index contributed by atoms with van der Waals surface area (Å²) >= 11 is 0. The van der Waals surface area contributed by atoms with Crippen molar-refractivity contribution in [1.82, 2.24) is 10.2 Å². The predicted molar refractivity (Wildman–Crippen MR) is 72.6 cm³/mol. The summed E-state index contributed by atoms with van der Waals surface area (Å²) in [5.41, 5.74) is 10.2. The Labute approximate surface area is 107 Å². The summed E-state index contributed by atoms with van der Waals surface area (Å²) in [4.78, 5) is 5.13. The second-order valence-corrected chi connectivity index (χ2v) is 4.81. The lowest BCUT2D eigenvalue weighted by atomic mass is 10.1. The molecule has 1 heterocycles. The van der Waals surface area contributed by atoms with Gasteiger partial charge in [0.2, 0.25) is 0 Å². The molecule has 1 aromatic carbocycles. The van der Waals surface area contributed by atoms with Crippen LogP contribution in [0.4, 0.5) is 5.69 Å². The third kappa shape index (κ3) is 3.74. The molecule has 0 atom stereocenters. The molecular weight excluding hydrogens is 226 g/mol. The van der Waals surface area contributed by atoms with Crippen molar-refractivity contribution < 1.29 is 0 Å². The van der Waals surface area contributed by atoms with Gasteiger partial charge in [0, 0.05) is 23.2 Å². The monoisotopic (exact) mass is 245 g/mol. The number of piperidine rings is 1. The van der Waals surface area contributed by atoms with Gasteiger partial charge in [-0.15, -0.1) is 0 Å². The molecule has 1 saturated heterocycles. The maximum atomic E-state index is 8.33. The molecular formula is C13H19N5. The number of hydrogen-bond acceptors (Lipinski definition) is 3. The molecule has 1 fully saturated rings. The van der Waals surface area contributed by atoms with Crippen molar-refractivity contribution in [1.29, 1.82) is 0 Å². The molecule has 1 N–H and O–H groups in total. The Balaban J connectivity index is 1.81. The van der Waals surface area contributed by atoms with Crippen LogP contribution in [0.1, 0.15) is 18.4 Å². The van der Waals surface area contributed by atoms with Crippen molar-refractivity contribution in [2.75, 3.05) is 20.1 Å². The Morgan fingerprint density at radius 3 is 2.61 bits per heavy atom. The topological polar surface area (TPSA) is 64.0 Å². The summed E-state index contributed by atoms with van der Waals surface area (Å²) in [6.45, 7) is 3.23. The van der Waals surface area contributed by atoms with Gasteiger partial charge in [0.15, 0.2) is 0 Å². The van der Waals surface area contributed by atoms with Gasteiger partial charge >= 0.3 is 0 Å². The number of azide groups is 1. The normalized spacial score (nSPS) is 17.4. The van der Waals surface area contributed by atoms with Crippen LogP contribution in [0, 0.1) is 0 Å². The van der Waals surface area contributed by atoms with Crippen molar-refractivity contribution in [3.05, 3.63) is 40.3 Å². The highest BCUT2D eigenvalue weighted by molar-refractivity contribution is 5.38. The number of rotatable bonds is 4. The van der Waals surface area contributed by atoms with E-state index in [9.17, 15) is 0 Å². The molecule has 96 valence electrons. The molecule has 0 radical (unpaired) electrons. The van der Waals surface area contributed by atoms with Crippen LogP contribution in [0.15, 0.2) is 29.4 Å². The van der Waals surface area contributed by atoms with Crippen LogP contribution in [0.3, 0.4) is 0 Å². The highest BCUT2D eigenvalue weighted by Gasteiger charge is 2.15. The Kier molecular flexibility index (Phi) is 4.59. The van der Waals surface area contributed by atoms with Crippen molar-refractivity contribution in [3.8, 4) is 0 Å². The van der Waals surface area contributed by atoms with E-state index >= 15 is 0 Å². The van der Waals surface area contributed by atoms with Crippen LogP contribution in [0.25, 0.3) is 10.4 Å². The first-order chi connectivity index (χ1) is 8.78. The van der Waals surface area contributed by atoms with Gasteiger partial charge in [-0.3, -0.25) is 0 Å². The zero-order chi connectivity index (χ0) is 12.8. The fourth-order valence-corrected chi connectivity index (χ4v) is 2.21. The molecule has 0 amide bonds. The third-order valence-corrected chi connectivity index (χ3v) is 3.41. The summed E-state index contributed by atoms with van der Waals surface area (Å²) < 4.78 is 0. The van der Waals surface area contributed by atoms with E-state index < -0.39 is 0 Å². The SMILES string of the molecule is CN1CCC(NCc2ccc(N=[N+]=[N-])cc2)CC1. The zero-order valence-electron chi connectivity index (χ0n) is 10.7. The highest BCUT2D eigenvalue weighted by atomic mass is 15.1. The van der Waals surface area contributed by atoms with Crippen LogP contribution in [-0.4, -0.2) is 31.1 Å². The average Bonchev–Trinajstić information content (AvgIpc) is 2.40. The lowest BCUT2D eigenvalue weighted by molar-refractivity contribution is 0.234. The summed E-state index contributed by atoms with van der Waals surface area (Å²) in [5.74, 6) is 0. The van der Waals surface area contributed by atoms with Crippen LogP contribution in [-0.2, 0) is 6.54 Å². The van der Waals surface area contributed by atoms with E-state index in [0.29, 0.717) is 11.7 Å². The Hall–Kier alpha value is -1.55. The van der Waals surface area contributed by atoms with Gasteiger partial charge < -0.3 is 10.2 Å². The second kappa shape index (κ2) is 6.40. The minimum Gasteiger partial charge on any atom is -0.310 e. The first-order valence-corrected chi connectivity index (χ1v) is 6.34. The summed E-state index contributed by atoms with van der Waals surface area (Å²) in [6, 6.07) is 8.34. The van der Waals surface area contributed by atoms with Crippen LogP contribution in [0.5, 0.6) is 0 Å². The molecule has 5 nitrogen and oxygen atoms in total. The van der Waals surface area contributed by atoms with E-state index in [1.807, 2.05) is 24.3 Å². The largest absolute Gasteiger partial charge is 0.310 e. The standard InChI is InChI=1S/C13H19N5/c1-18-8-6-12(7-9-18)15-10-11-2-4-13(5-3-11)16-17-14/h2-5,12,15H,6-10H2,1H3. The van der Waals surface area contributed by atoms with E-state index in [1.165, 1.54) is 31.5 Å². The predicted octanol–water partition coefficient (Wildman–Crippen LogP) is 2.81. The van der Waals surface area contributed by atoms with Crippen LogP contribution < -0.4 is 5.32 Å². The fraction of sp³-hybridized carbons (Fsp3) is 0.538. The molecule has 18 heavy (non-hydrogen) atoms. The lowest BCUT2D eigenvalue weighted by Gasteiger charge is -2.29. The van der Waals surface area contributed by atoms with Gasteiger partial charge in [0.1, 0.15) is 0 Å². The highest BCUT2D eigenvalue weighted by Crippen LogP contribution is 2.14. The van der Waals surface area contributed by atoms with Gasteiger partial charge in [-0.1, -0.05) is 29.4 Å². The lowest BCUT2D eigenvalue weighted by Crippen LogP contribution is -2.40. The van der Waals surface area contributed by atoms with Gasteiger partial charge in [0.25, 0.3) is 0 Å². The van der Waals surface area contributed by atoms with E-state index in [-0.39, 0.29) is 0 Å².